The Labute approximate surface area is 181 Å². The molecule has 0 aromatic heterocycles. The van der Waals surface area contributed by atoms with E-state index in [9.17, 15) is 8.42 Å². The van der Waals surface area contributed by atoms with Crippen molar-refractivity contribution in [3.8, 4) is 0 Å². The van der Waals surface area contributed by atoms with Gasteiger partial charge in [0.2, 0.25) is 0 Å². The Morgan fingerprint density at radius 1 is 1.30 bits per heavy atom. The number of nitrogens with zero attached hydrogens (tertiary/aromatic N) is 1. The van der Waals surface area contributed by atoms with Gasteiger partial charge in [-0.3, -0.25) is 4.99 Å². The molecule has 154 valence electrons. The van der Waals surface area contributed by atoms with Crippen LogP contribution in [0.5, 0.6) is 0 Å². The van der Waals surface area contributed by atoms with Crippen molar-refractivity contribution in [3.63, 3.8) is 0 Å². The first-order chi connectivity index (χ1) is 12.2. The zero-order valence-electron chi connectivity index (χ0n) is 16.9. The van der Waals surface area contributed by atoms with Crippen molar-refractivity contribution in [3.05, 3.63) is 35.4 Å². The van der Waals surface area contributed by atoms with E-state index in [0.717, 1.165) is 12.5 Å². The predicted molar refractivity (Wildman–Crippen MR) is 125 cm³/mol. The number of rotatable bonds is 7. The van der Waals surface area contributed by atoms with Gasteiger partial charge >= 0.3 is 0 Å². The van der Waals surface area contributed by atoms with Crippen molar-refractivity contribution < 1.29 is 8.42 Å². The van der Waals surface area contributed by atoms with E-state index in [1.807, 2.05) is 6.92 Å². The minimum absolute atomic E-state index is 0. The minimum atomic E-state index is -2.94. The number of aliphatic imine (C=N–C) groups is 1. The molecule has 2 rings (SSSR count). The van der Waals surface area contributed by atoms with E-state index in [1.165, 1.54) is 43.1 Å². The molecular formula is C20H34IN3O2S. The van der Waals surface area contributed by atoms with E-state index in [4.69, 9.17) is 0 Å². The highest BCUT2D eigenvalue weighted by molar-refractivity contribution is 14.0. The second-order valence-electron chi connectivity index (χ2n) is 7.75. The first-order valence-corrected chi connectivity index (χ1v) is 11.5. The second-order valence-corrected chi connectivity index (χ2v) is 10.0. The lowest BCUT2D eigenvalue weighted by atomic mass is 9.78. The Kier molecular flexibility index (Phi) is 9.54. The molecule has 0 radical (unpaired) electrons. The van der Waals surface area contributed by atoms with Crippen LogP contribution in [0.25, 0.3) is 0 Å². The summed E-state index contributed by atoms with van der Waals surface area (Å²) in [6.45, 7) is 4.97. The molecule has 1 aromatic rings. The van der Waals surface area contributed by atoms with Gasteiger partial charge in [0.05, 0.1) is 5.75 Å². The number of benzene rings is 1. The predicted octanol–water partition coefficient (Wildman–Crippen LogP) is 3.41. The van der Waals surface area contributed by atoms with Gasteiger partial charge in [0.25, 0.3) is 0 Å². The van der Waals surface area contributed by atoms with E-state index in [0.29, 0.717) is 6.42 Å². The van der Waals surface area contributed by atoms with E-state index in [-0.39, 0.29) is 41.2 Å². The molecule has 0 aliphatic heterocycles. The number of halogens is 1. The summed E-state index contributed by atoms with van der Waals surface area (Å²) < 4.78 is 22.7. The third kappa shape index (κ3) is 7.60. The maximum atomic E-state index is 11.3. The molecule has 0 bridgehead atoms. The quantitative estimate of drug-likeness (QED) is 0.337. The first-order valence-electron chi connectivity index (χ1n) is 9.46. The molecule has 27 heavy (non-hydrogen) atoms. The van der Waals surface area contributed by atoms with Crippen molar-refractivity contribution in [2.45, 2.75) is 57.4 Å². The fourth-order valence-corrected chi connectivity index (χ4v) is 4.52. The summed E-state index contributed by atoms with van der Waals surface area (Å²) in [5, 5.41) is 6.81. The van der Waals surface area contributed by atoms with Crippen LogP contribution in [-0.2, 0) is 15.3 Å². The number of nitrogens with one attached hydrogen (secondary N) is 2. The third-order valence-electron chi connectivity index (χ3n) is 5.31. The Bertz CT molecular complexity index is 728. The van der Waals surface area contributed by atoms with Crippen LogP contribution >= 0.6 is 24.0 Å². The van der Waals surface area contributed by atoms with Crippen LogP contribution < -0.4 is 10.6 Å². The van der Waals surface area contributed by atoms with Gasteiger partial charge in [-0.25, -0.2) is 8.42 Å². The summed E-state index contributed by atoms with van der Waals surface area (Å²) in [7, 11) is -1.18. The van der Waals surface area contributed by atoms with Crippen molar-refractivity contribution in [2.75, 3.05) is 25.6 Å². The maximum Gasteiger partial charge on any atom is 0.191 e. The Hall–Kier alpha value is -0.830. The molecule has 0 amide bonds. The average Bonchev–Trinajstić information content (AvgIpc) is 3.06. The van der Waals surface area contributed by atoms with Crippen LogP contribution in [0.2, 0.25) is 0 Å². The van der Waals surface area contributed by atoms with Crippen LogP contribution in [0, 0.1) is 6.92 Å². The van der Waals surface area contributed by atoms with Crippen molar-refractivity contribution in [2.24, 2.45) is 4.99 Å². The van der Waals surface area contributed by atoms with Gasteiger partial charge in [-0.1, -0.05) is 42.7 Å². The molecule has 1 unspecified atom stereocenters. The first kappa shape index (κ1) is 24.2. The summed E-state index contributed by atoms with van der Waals surface area (Å²) in [5.74, 6) is 0.927. The number of hydrogen-bond acceptors (Lipinski definition) is 3. The van der Waals surface area contributed by atoms with Gasteiger partial charge < -0.3 is 10.6 Å². The Morgan fingerprint density at radius 2 is 1.96 bits per heavy atom. The standard InChI is InChI=1S/C20H33N3O2S.HI/c1-16-8-7-9-18(14-16)20(11-5-6-12-20)15-22-19(21-3)23-17(2)10-13-26(4,24)25;/h7-9,14,17H,5-6,10-13,15H2,1-4H3,(H2,21,22,23);1H. The number of aryl methyl sites for hydroxylation is 1. The molecule has 1 fully saturated rings. The molecule has 1 aromatic carbocycles. The van der Waals surface area contributed by atoms with Gasteiger partial charge in [0.1, 0.15) is 9.84 Å². The van der Waals surface area contributed by atoms with Gasteiger partial charge in [-0.2, -0.15) is 0 Å². The molecular weight excluding hydrogens is 473 g/mol. The number of hydrogen-bond donors (Lipinski definition) is 2. The molecule has 1 aliphatic carbocycles. The highest BCUT2D eigenvalue weighted by Gasteiger charge is 2.35. The normalized spacial score (nSPS) is 17.9. The largest absolute Gasteiger partial charge is 0.356 e. The van der Waals surface area contributed by atoms with Gasteiger partial charge in [-0.15, -0.1) is 24.0 Å². The van der Waals surface area contributed by atoms with E-state index in [2.05, 4.69) is 46.8 Å². The monoisotopic (exact) mass is 507 g/mol. The lowest BCUT2D eigenvalue weighted by molar-refractivity contribution is 0.430. The lowest BCUT2D eigenvalue weighted by Gasteiger charge is -2.31. The van der Waals surface area contributed by atoms with Gasteiger partial charge in [-0.05, 0) is 38.7 Å². The minimum Gasteiger partial charge on any atom is -0.356 e. The highest BCUT2D eigenvalue weighted by Crippen LogP contribution is 2.40. The summed E-state index contributed by atoms with van der Waals surface area (Å²) in [4.78, 5) is 4.32. The van der Waals surface area contributed by atoms with E-state index in [1.54, 1.807) is 7.05 Å². The molecule has 0 heterocycles. The van der Waals surface area contributed by atoms with Crippen molar-refractivity contribution in [1.82, 2.24) is 10.6 Å². The molecule has 5 nitrogen and oxygen atoms in total. The second kappa shape index (κ2) is 10.6. The molecule has 0 spiro atoms. The molecule has 1 aliphatic rings. The fourth-order valence-electron chi connectivity index (χ4n) is 3.74. The summed E-state index contributed by atoms with van der Waals surface area (Å²) in [6.07, 6.45) is 6.73. The summed E-state index contributed by atoms with van der Waals surface area (Å²) in [5.41, 5.74) is 2.85. The van der Waals surface area contributed by atoms with Crippen LogP contribution in [0.1, 0.15) is 50.2 Å². The highest BCUT2D eigenvalue weighted by atomic mass is 127. The smallest absolute Gasteiger partial charge is 0.191 e. The molecule has 1 atom stereocenters. The molecule has 0 saturated heterocycles. The topological polar surface area (TPSA) is 70.6 Å². The average molecular weight is 507 g/mol. The van der Waals surface area contributed by atoms with Crippen LogP contribution in [0.3, 0.4) is 0 Å². The van der Waals surface area contributed by atoms with Gasteiger partial charge in [0.15, 0.2) is 5.96 Å². The van der Waals surface area contributed by atoms with Crippen molar-refractivity contribution in [1.29, 1.82) is 0 Å². The Balaban J connectivity index is 0.00000364. The van der Waals surface area contributed by atoms with Crippen molar-refractivity contribution >= 4 is 39.8 Å². The van der Waals surface area contributed by atoms with E-state index >= 15 is 0 Å². The van der Waals surface area contributed by atoms with Crippen LogP contribution in [-0.4, -0.2) is 46.0 Å². The molecule has 1 saturated carbocycles. The zero-order valence-corrected chi connectivity index (χ0v) is 20.1. The molecule has 7 heteroatoms. The summed E-state index contributed by atoms with van der Waals surface area (Å²) in [6, 6.07) is 8.88. The SMILES string of the molecule is CN=C(NCC1(c2cccc(C)c2)CCCC1)NC(C)CCS(C)(=O)=O.I. The van der Waals surface area contributed by atoms with E-state index < -0.39 is 9.84 Å². The zero-order chi connectivity index (χ0) is 19.2. The maximum absolute atomic E-state index is 11.3. The van der Waals surface area contributed by atoms with Crippen LogP contribution in [0.15, 0.2) is 29.3 Å². The Morgan fingerprint density at radius 3 is 2.52 bits per heavy atom. The number of guanidine groups is 1. The summed E-state index contributed by atoms with van der Waals surface area (Å²) >= 11 is 0. The third-order valence-corrected chi connectivity index (χ3v) is 6.29. The van der Waals surface area contributed by atoms with Gasteiger partial charge in [0, 0.05) is 31.3 Å². The lowest BCUT2D eigenvalue weighted by Crippen LogP contribution is -2.47. The number of sulfone groups is 1. The fraction of sp³-hybridized carbons (Fsp3) is 0.650. The van der Waals surface area contributed by atoms with Crippen LogP contribution in [0.4, 0.5) is 0 Å². The molecule has 2 N–H and O–H groups in total.